The second-order valence-corrected chi connectivity index (χ2v) is 3.13. The zero-order chi connectivity index (χ0) is 10.2. The van der Waals surface area contributed by atoms with Crippen molar-refractivity contribution >= 4 is 5.82 Å². The Morgan fingerprint density at radius 2 is 2.21 bits per heavy atom. The second kappa shape index (κ2) is 6.24. The van der Waals surface area contributed by atoms with Gasteiger partial charge in [-0.25, -0.2) is 4.98 Å². The molecule has 78 valence electrons. The maximum atomic E-state index is 5.56. The van der Waals surface area contributed by atoms with Gasteiger partial charge in [0.2, 0.25) is 0 Å². The van der Waals surface area contributed by atoms with Crippen LogP contribution in [-0.4, -0.2) is 18.1 Å². The molecule has 14 heavy (non-hydrogen) atoms. The van der Waals surface area contributed by atoms with Crippen molar-refractivity contribution < 1.29 is 4.74 Å². The van der Waals surface area contributed by atoms with Crippen molar-refractivity contribution in [1.29, 1.82) is 0 Å². The maximum absolute atomic E-state index is 5.56. The zero-order valence-corrected chi connectivity index (χ0v) is 8.92. The highest BCUT2D eigenvalue weighted by molar-refractivity contribution is 5.49. The molecule has 0 atom stereocenters. The summed E-state index contributed by atoms with van der Waals surface area (Å²) in [4.78, 5) is 4.23. The van der Waals surface area contributed by atoms with Crippen LogP contribution in [0.25, 0.3) is 0 Å². The summed E-state index contributed by atoms with van der Waals surface area (Å²) in [6.45, 7) is 5.89. The minimum absolute atomic E-state index is 0.743. The molecule has 3 nitrogen and oxygen atoms in total. The summed E-state index contributed by atoms with van der Waals surface area (Å²) in [5, 5.41) is 3.24. The number of nitrogens with zero attached hydrogens (tertiary/aromatic N) is 1. The van der Waals surface area contributed by atoms with Gasteiger partial charge in [0.15, 0.2) is 11.6 Å². The molecule has 3 heteroatoms. The van der Waals surface area contributed by atoms with Crippen LogP contribution < -0.4 is 10.1 Å². The van der Waals surface area contributed by atoms with E-state index in [-0.39, 0.29) is 0 Å². The highest BCUT2D eigenvalue weighted by Crippen LogP contribution is 2.20. The first-order valence-corrected chi connectivity index (χ1v) is 5.20. The number of anilines is 1. The molecule has 0 fully saturated rings. The van der Waals surface area contributed by atoms with Gasteiger partial charge >= 0.3 is 0 Å². The highest BCUT2D eigenvalue weighted by Gasteiger charge is 2.01. The van der Waals surface area contributed by atoms with Crippen molar-refractivity contribution in [2.24, 2.45) is 0 Å². The lowest BCUT2D eigenvalue weighted by atomic mass is 10.4. The molecule has 0 aliphatic carbocycles. The number of pyridine rings is 1. The predicted octanol–water partition coefficient (Wildman–Crippen LogP) is 2.69. The molecule has 1 aromatic rings. The van der Waals surface area contributed by atoms with Crippen LogP contribution in [0, 0.1) is 0 Å². The lowest BCUT2D eigenvalue weighted by Gasteiger charge is -2.10. The molecule has 0 spiro atoms. The van der Waals surface area contributed by atoms with E-state index in [0.717, 1.165) is 37.6 Å². The Kier molecular flexibility index (Phi) is 4.83. The van der Waals surface area contributed by atoms with Gasteiger partial charge in [-0.2, -0.15) is 0 Å². The average molecular weight is 194 g/mol. The van der Waals surface area contributed by atoms with Crippen molar-refractivity contribution in [2.75, 3.05) is 18.5 Å². The standard InChI is InChI=1S/C11H18N2O/c1-3-7-12-11-10(14-9-4-2)6-5-8-13-11/h5-6,8H,3-4,7,9H2,1-2H3,(H,12,13). The molecular formula is C11H18N2O. The third-order valence-corrected chi connectivity index (χ3v) is 1.77. The Bertz CT molecular complexity index is 236. The molecule has 0 saturated heterocycles. The first-order valence-electron chi connectivity index (χ1n) is 5.20. The van der Waals surface area contributed by atoms with E-state index >= 15 is 0 Å². The molecule has 0 radical (unpaired) electrons. The van der Waals surface area contributed by atoms with Gasteiger partial charge in [0.25, 0.3) is 0 Å². The maximum Gasteiger partial charge on any atom is 0.168 e. The topological polar surface area (TPSA) is 34.2 Å². The van der Waals surface area contributed by atoms with Gasteiger partial charge in [-0.3, -0.25) is 0 Å². The lowest BCUT2D eigenvalue weighted by molar-refractivity contribution is 0.318. The van der Waals surface area contributed by atoms with E-state index in [2.05, 4.69) is 24.1 Å². The van der Waals surface area contributed by atoms with Gasteiger partial charge in [0.05, 0.1) is 6.61 Å². The minimum Gasteiger partial charge on any atom is -0.490 e. The van der Waals surface area contributed by atoms with Gasteiger partial charge < -0.3 is 10.1 Å². The van der Waals surface area contributed by atoms with Gasteiger partial charge in [-0.1, -0.05) is 13.8 Å². The van der Waals surface area contributed by atoms with Crippen LogP contribution in [0.15, 0.2) is 18.3 Å². The first-order chi connectivity index (χ1) is 6.88. The van der Waals surface area contributed by atoms with Crippen LogP contribution in [0.1, 0.15) is 26.7 Å². The van der Waals surface area contributed by atoms with Crippen LogP contribution >= 0.6 is 0 Å². The van der Waals surface area contributed by atoms with Crippen LogP contribution in [-0.2, 0) is 0 Å². The van der Waals surface area contributed by atoms with Crippen molar-refractivity contribution in [2.45, 2.75) is 26.7 Å². The Morgan fingerprint density at radius 1 is 1.36 bits per heavy atom. The number of rotatable bonds is 6. The number of ether oxygens (including phenoxy) is 1. The summed E-state index contributed by atoms with van der Waals surface area (Å²) in [6.07, 6.45) is 3.88. The lowest BCUT2D eigenvalue weighted by Crippen LogP contribution is -2.05. The number of nitrogens with one attached hydrogen (secondary N) is 1. The summed E-state index contributed by atoms with van der Waals surface area (Å²) in [5.41, 5.74) is 0. The smallest absolute Gasteiger partial charge is 0.168 e. The number of hydrogen-bond donors (Lipinski definition) is 1. The minimum atomic E-state index is 0.743. The largest absolute Gasteiger partial charge is 0.490 e. The van der Waals surface area contributed by atoms with Crippen LogP contribution in [0.5, 0.6) is 5.75 Å². The van der Waals surface area contributed by atoms with Crippen molar-refractivity contribution in [1.82, 2.24) is 4.98 Å². The zero-order valence-electron chi connectivity index (χ0n) is 8.92. The molecular weight excluding hydrogens is 176 g/mol. The fraction of sp³-hybridized carbons (Fsp3) is 0.545. The van der Waals surface area contributed by atoms with E-state index in [9.17, 15) is 0 Å². The second-order valence-electron chi connectivity index (χ2n) is 3.13. The quantitative estimate of drug-likeness (QED) is 0.756. The summed E-state index contributed by atoms with van der Waals surface area (Å²) in [6, 6.07) is 3.84. The van der Waals surface area contributed by atoms with E-state index < -0.39 is 0 Å². The Balaban J connectivity index is 2.60. The van der Waals surface area contributed by atoms with E-state index in [4.69, 9.17) is 4.74 Å². The third-order valence-electron chi connectivity index (χ3n) is 1.77. The summed E-state index contributed by atoms with van der Waals surface area (Å²) >= 11 is 0. The Hall–Kier alpha value is -1.25. The van der Waals surface area contributed by atoms with Crippen LogP contribution in [0.4, 0.5) is 5.82 Å². The molecule has 0 amide bonds. The number of aromatic nitrogens is 1. The molecule has 0 bridgehead atoms. The van der Waals surface area contributed by atoms with Crippen LogP contribution in [0.2, 0.25) is 0 Å². The monoisotopic (exact) mass is 194 g/mol. The molecule has 0 unspecified atom stereocenters. The molecule has 1 heterocycles. The molecule has 1 aromatic heterocycles. The average Bonchev–Trinajstić information content (AvgIpc) is 2.24. The Labute approximate surface area is 85.5 Å². The molecule has 1 N–H and O–H groups in total. The fourth-order valence-electron chi connectivity index (χ4n) is 1.10. The van der Waals surface area contributed by atoms with Gasteiger partial charge in [0.1, 0.15) is 0 Å². The molecule has 0 aromatic carbocycles. The first kappa shape index (κ1) is 10.8. The predicted molar refractivity (Wildman–Crippen MR) is 58.8 cm³/mol. The van der Waals surface area contributed by atoms with E-state index in [1.54, 1.807) is 6.20 Å². The highest BCUT2D eigenvalue weighted by atomic mass is 16.5. The van der Waals surface area contributed by atoms with Gasteiger partial charge in [0, 0.05) is 12.7 Å². The third kappa shape index (κ3) is 3.24. The van der Waals surface area contributed by atoms with Gasteiger partial charge in [-0.15, -0.1) is 0 Å². The normalized spacial score (nSPS) is 9.86. The van der Waals surface area contributed by atoms with Crippen molar-refractivity contribution in [3.05, 3.63) is 18.3 Å². The van der Waals surface area contributed by atoms with E-state index in [1.807, 2.05) is 12.1 Å². The fourth-order valence-corrected chi connectivity index (χ4v) is 1.10. The molecule has 1 rings (SSSR count). The SMILES string of the molecule is CCCNc1ncccc1OCCC. The molecule has 0 saturated carbocycles. The summed E-state index contributed by atoms with van der Waals surface area (Å²) < 4.78 is 5.56. The number of hydrogen-bond acceptors (Lipinski definition) is 3. The molecule has 0 aliphatic rings. The van der Waals surface area contributed by atoms with Crippen LogP contribution in [0.3, 0.4) is 0 Å². The Morgan fingerprint density at radius 3 is 2.93 bits per heavy atom. The van der Waals surface area contributed by atoms with E-state index in [0.29, 0.717) is 0 Å². The van der Waals surface area contributed by atoms with Crippen molar-refractivity contribution in [3.63, 3.8) is 0 Å². The molecule has 0 aliphatic heterocycles. The summed E-state index contributed by atoms with van der Waals surface area (Å²) in [5.74, 6) is 1.70. The van der Waals surface area contributed by atoms with E-state index in [1.165, 1.54) is 0 Å². The van der Waals surface area contributed by atoms with Crippen molar-refractivity contribution in [3.8, 4) is 5.75 Å². The summed E-state index contributed by atoms with van der Waals surface area (Å²) in [7, 11) is 0. The van der Waals surface area contributed by atoms with Gasteiger partial charge in [-0.05, 0) is 25.0 Å².